The summed E-state index contributed by atoms with van der Waals surface area (Å²) in [6, 6.07) is 0.173. The van der Waals surface area contributed by atoms with E-state index in [0.717, 1.165) is 29.8 Å². The number of likely N-dealkylation sites (N-methyl/N-ethyl adjacent to an activating group) is 2. The Morgan fingerprint density at radius 2 is 1.86 bits per heavy atom. The van der Waals surface area contributed by atoms with Crippen LogP contribution in [0.2, 0.25) is 0 Å². The van der Waals surface area contributed by atoms with Crippen LogP contribution in [0.4, 0.5) is 0 Å². The predicted molar refractivity (Wildman–Crippen MR) is 85.0 cm³/mol. The van der Waals surface area contributed by atoms with E-state index in [1.807, 2.05) is 6.92 Å². The Balaban J connectivity index is 2.03. The van der Waals surface area contributed by atoms with Crippen LogP contribution < -0.4 is 0 Å². The minimum atomic E-state index is -3.33. The number of amides is 1. The minimum Gasteiger partial charge on any atom is -0.378 e. The van der Waals surface area contributed by atoms with E-state index in [2.05, 4.69) is 0 Å². The summed E-state index contributed by atoms with van der Waals surface area (Å²) in [5, 5.41) is 0. The number of nitrogens with zero attached hydrogens (tertiary/aromatic N) is 2. The summed E-state index contributed by atoms with van der Waals surface area (Å²) in [6.45, 7) is 2.61. The molecule has 0 heterocycles. The maximum Gasteiger partial charge on any atom is 0.237 e. The van der Waals surface area contributed by atoms with E-state index in [1.165, 1.54) is 19.9 Å². The third kappa shape index (κ3) is 3.16. The van der Waals surface area contributed by atoms with Crippen molar-refractivity contribution < 1.29 is 17.9 Å². The first-order valence-electron chi connectivity index (χ1n) is 8.01. The highest BCUT2D eigenvalue weighted by molar-refractivity contribution is 7.88. The first kappa shape index (κ1) is 17.7. The van der Waals surface area contributed by atoms with Gasteiger partial charge in [0.15, 0.2) is 0 Å². The molecule has 1 spiro atoms. The molecule has 0 saturated heterocycles. The molecule has 0 unspecified atom stereocenters. The lowest BCUT2D eigenvalue weighted by atomic mass is 9.60. The van der Waals surface area contributed by atoms with Gasteiger partial charge < -0.3 is 9.64 Å². The van der Waals surface area contributed by atoms with E-state index in [9.17, 15) is 13.2 Å². The molecule has 0 aromatic heterocycles. The van der Waals surface area contributed by atoms with E-state index in [4.69, 9.17) is 4.74 Å². The highest BCUT2D eigenvalue weighted by Gasteiger charge is 2.58. The second kappa shape index (κ2) is 6.45. The van der Waals surface area contributed by atoms with Crippen LogP contribution in [0.5, 0.6) is 0 Å². The van der Waals surface area contributed by atoms with Crippen molar-refractivity contribution in [2.24, 2.45) is 5.41 Å². The number of rotatable bonds is 6. The number of hydrogen-bond donors (Lipinski definition) is 0. The Morgan fingerprint density at radius 1 is 1.27 bits per heavy atom. The molecule has 0 N–H and O–H groups in total. The van der Waals surface area contributed by atoms with Gasteiger partial charge in [-0.2, -0.15) is 4.31 Å². The zero-order chi connectivity index (χ0) is 16.5. The Labute approximate surface area is 133 Å². The lowest BCUT2D eigenvalue weighted by Gasteiger charge is -2.57. The van der Waals surface area contributed by atoms with E-state index in [0.29, 0.717) is 6.61 Å². The Kier molecular flexibility index (Phi) is 5.19. The number of carbonyl (C=O) groups excluding carboxylic acids is 1. The van der Waals surface area contributed by atoms with Gasteiger partial charge in [0.2, 0.25) is 15.9 Å². The molecule has 1 amide bonds. The zero-order valence-electron chi connectivity index (χ0n) is 14.0. The molecule has 0 aromatic carbocycles. The van der Waals surface area contributed by atoms with Gasteiger partial charge in [0.05, 0.1) is 18.9 Å². The molecule has 0 aromatic rings. The fraction of sp³-hybridized carbons (Fsp3) is 0.933. The number of carbonyl (C=O) groups is 1. The van der Waals surface area contributed by atoms with Crippen LogP contribution in [0, 0.1) is 5.41 Å². The van der Waals surface area contributed by atoms with Crippen molar-refractivity contribution in [3.8, 4) is 0 Å². The van der Waals surface area contributed by atoms with Crippen LogP contribution in [0.3, 0.4) is 0 Å². The Hall–Kier alpha value is -0.660. The molecule has 2 saturated carbocycles. The first-order valence-corrected chi connectivity index (χ1v) is 9.86. The molecule has 128 valence electrons. The third-order valence-electron chi connectivity index (χ3n) is 5.43. The number of ether oxygens (including phenoxy) is 1. The van der Waals surface area contributed by atoms with Crippen molar-refractivity contribution in [1.82, 2.24) is 9.21 Å². The van der Waals surface area contributed by atoms with Crippen LogP contribution in [0.1, 0.15) is 39.0 Å². The topological polar surface area (TPSA) is 66.9 Å². The molecule has 2 fully saturated rings. The molecular formula is C15H28N2O4S. The largest absolute Gasteiger partial charge is 0.378 e. The second-order valence-corrected chi connectivity index (χ2v) is 8.75. The summed E-state index contributed by atoms with van der Waals surface area (Å²) in [6.07, 6.45) is 6.79. The molecular weight excluding hydrogens is 304 g/mol. The van der Waals surface area contributed by atoms with Crippen molar-refractivity contribution >= 4 is 15.9 Å². The number of hydrogen-bond acceptors (Lipinski definition) is 4. The molecule has 0 aliphatic heterocycles. The molecule has 2 atom stereocenters. The monoisotopic (exact) mass is 332 g/mol. The normalized spacial score (nSPS) is 27.1. The van der Waals surface area contributed by atoms with Gasteiger partial charge in [-0.3, -0.25) is 4.79 Å². The zero-order valence-corrected chi connectivity index (χ0v) is 14.9. The quantitative estimate of drug-likeness (QED) is 0.730. The molecule has 7 heteroatoms. The van der Waals surface area contributed by atoms with Gasteiger partial charge in [-0.15, -0.1) is 0 Å². The van der Waals surface area contributed by atoms with Crippen molar-refractivity contribution in [3.63, 3.8) is 0 Å². The van der Waals surface area contributed by atoms with Crippen molar-refractivity contribution in [2.45, 2.75) is 51.2 Å². The van der Waals surface area contributed by atoms with E-state index >= 15 is 0 Å². The lowest BCUT2D eigenvalue weighted by molar-refractivity contribution is -0.172. The van der Waals surface area contributed by atoms with Gasteiger partial charge in [-0.25, -0.2) is 8.42 Å². The molecule has 2 rings (SSSR count). The average Bonchev–Trinajstić information content (AvgIpc) is 2.93. The first-order chi connectivity index (χ1) is 10.2. The van der Waals surface area contributed by atoms with Gasteiger partial charge >= 0.3 is 0 Å². The smallest absolute Gasteiger partial charge is 0.237 e. The standard InChI is InChI=1S/C15H28N2O4S/c1-5-21-13-10-12(15(13)8-6-7-9-15)17(3)14(18)11-16(2)22(4,19)20/h12-13H,5-11H2,1-4H3/t12-,13-/m1/s1. The second-order valence-electron chi connectivity index (χ2n) is 6.66. The summed E-state index contributed by atoms with van der Waals surface area (Å²) in [5.74, 6) is -0.140. The van der Waals surface area contributed by atoms with Crippen molar-refractivity contribution in [2.75, 3.05) is 33.5 Å². The van der Waals surface area contributed by atoms with Crippen LogP contribution >= 0.6 is 0 Å². The van der Waals surface area contributed by atoms with Gasteiger partial charge in [0.1, 0.15) is 0 Å². The fourth-order valence-corrected chi connectivity index (χ4v) is 4.33. The van der Waals surface area contributed by atoms with Crippen LogP contribution in [0.15, 0.2) is 0 Å². The summed E-state index contributed by atoms with van der Waals surface area (Å²) in [5.41, 5.74) is 0.0874. The lowest BCUT2D eigenvalue weighted by Crippen LogP contribution is -2.64. The Morgan fingerprint density at radius 3 is 2.36 bits per heavy atom. The maximum atomic E-state index is 12.4. The Bertz CT molecular complexity index is 514. The van der Waals surface area contributed by atoms with Crippen LogP contribution in [0.25, 0.3) is 0 Å². The van der Waals surface area contributed by atoms with E-state index in [1.54, 1.807) is 11.9 Å². The fourth-order valence-electron chi connectivity index (χ4n) is 3.99. The summed E-state index contributed by atoms with van der Waals surface area (Å²) >= 11 is 0. The highest BCUT2D eigenvalue weighted by atomic mass is 32.2. The minimum absolute atomic E-state index is 0.0874. The molecule has 2 aliphatic rings. The van der Waals surface area contributed by atoms with Crippen LogP contribution in [-0.4, -0.2) is 69.2 Å². The average molecular weight is 332 g/mol. The van der Waals surface area contributed by atoms with Gasteiger partial charge in [-0.05, 0) is 26.2 Å². The summed E-state index contributed by atoms with van der Waals surface area (Å²) in [4.78, 5) is 14.2. The predicted octanol–water partition coefficient (Wildman–Crippen LogP) is 1.07. The third-order valence-corrected chi connectivity index (χ3v) is 6.69. The summed E-state index contributed by atoms with van der Waals surface area (Å²) < 4.78 is 29.9. The number of sulfonamides is 1. The maximum absolute atomic E-state index is 12.4. The van der Waals surface area contributed by atoms with Gasteiger partial charge in [-0.1, -0.05) is 12.8 Å². The van der Waals surface area contributed by atoms with Crippen molar-refractivity contribution in [3.05, 3.63) is 0 Å². The van der Waals surface area contributed by atoms with E-state index < -0.39 is 10.0 Å². The molecule has 2 aliphatic carbocycles. The highest BCUT2D eigenvalue weighted by Crippen LogP contribution is 2.56. The van der Waals surface area contributed by atoms with Crippen LogP contribution in [-0.2, 0) is 19.6 Å². The molecule has 0 radical (unpaired) electrons. The van der Waals surface area contributed by atoms with Gasteiger partial charge in [0.25, 0.3) is 0 Å². The molecule has 0 bridgehead atoms. The molecule has 22 heavy (non-hydrogen) atoms. The summed E-state index contributed by atoms with van der Waals surface area (Å²) in [7, 11) is -0.0940. The SMILES string of the molecule is CCO[C@@H]1C[C@@H](N(C)C(=O)CN(C)S(C)(=O)=O)C12CCCC2. The van der Waals surface area contributed by atoms with Crippen molar-refractivity contribution in [1.29, 1.82) is 0 Å². The van der Waals surface area contributed by atoms with Gasteiger partial charge in [0, 0.05) is 32.2 Å². The molecule has 6 nitrogen and oxygen atoms in total. The van der Waals surface area contributed by atoms with E-state index in [-0.39, 0.29) is 30.0 Å².